The zero-order valence-electron chi connectivity index (χ0n) is 29.6. The summed E-state index contributed by atoms with van der Waals surface area (Å²) in [6.45, 7) is 6.47. The molecule has 15 heteroatoms. The fraction of sp³-hybridized carbons (Fsp3) is 0.611. The average molecular weight is 732 g/mol. The van der Waals surface area contributed by atoms with Crippen LogP contribution in [0.4, 0.5) is 9.59 Å². The van der Waals surface area contributed by atoms with E-state index in [0.717, 1.165) is 10.5 Å². The summed E-state index contributed by atoms with van der Waals surface area (Å²) in [5.41, 5.74) is 0.176. The summed E-state index contributed by atoms with van der Waals surface area (Å²) in [5.74, 6) is 0.246. The maximum Gasteiger partial charge on any atom is 0.317 e. The van der Waals surface area contributed by atoms with Crippen molar-refractivity contribution in [2.45, 2.75) is 68.9 Å². The Labute approximate surface area is 300 Å². The molecule has 5 atom stereocenters. The zero-order chi connectivity index (χ0) is 36.6. The van der Waals surface area contributed by atoms with E-state index in [1.807, 2.05) is 44.2 Å². The molecule has 3 aliphatic heterocycles. The lowest BCUT2D eigenvalue weighted by Gasteiger charge is -2.43. The second-order valence-corrected chi connectivity index (χ2v) is 16.1. The van der Waals surface area contributed by atoms with Gasteiger partial charge < -0.3 is 49.1 Å². The first-order chi connectivity index (χ1) is 24.4. The highest BCUT2D eigenvalue weighted by Crippen LogP contribution is 2.36. The van der Waals surface area contributed by atoms with Crippen molar-refractivity contribution in [3.8, 4) is 5.75 Å². The molecule has 3 amide bonds. The fourth-order valence-corrected chi connectivity index (χ4v) is 8.84. The van der Waals surface area contributed by atoms with Gasteiger partial charge in [-0.15, -0.1) is 0 Å². The Morgan fingerprint density at radius 1 is 1.08 bits per heavy atom. The van der Waals surface area contributed by atoms with Gasteiger partial charge in [-0.05, 0) is 60.9 Å². The lowest BCUT2D eigenvalue weighted by molar-refractivity contribution is -0.273. The third-order valence-electron chi connectivity index (χ3n) is 9.96. The number of sulfonamides is 1. The normalized spacial score (nSPS) is 22.0. The number of morpholine rings is 1. The van der Waals surface area contributed by atoms with Crippen LogP contribution in [0.2, 0.25) is 0 Å². The molecule has 2 aromatic rings. The number of carboxylic acid groups (broad SMARTS) is 1. The van der Waals surface area contributed by atoms with Crippen molar-refractivity contribution in [3.63, 3.8) is 0 Å². The van der Waals surface area contributed by atoms with Gasteiger partial charge >= 0.3 is 6.03 Å². The summed E-state index contributed by atoms with van der Waals surface area (Å²) in [5, 5.41) is 27.9. The Morgan fingerprint density at radius 3 is 2.45 bits per heavy atom. The number of hydrogen-bond acceptors (Lipinski definition) is 10. The number of carbonyl (C=O) groups is 2. The highest BCUT2D eigenvalue weighted by atomic mass is 32.2. The summed E-state index contributed by atoms with van der Waals surface area (Å²) in [7, 11) is -2.71. The standard InChI is InChI=1S/C36H52N4O10S/c1-36(2,15-7-16-37-34(42)38-17-20-48-21-18-38)25-39(51(45,46)28-12-10-27(47-3)11-13-28)23-32(41)30(22-26-8-5-4-6-9-26)40(35(43)44)31-24-50-33-29(31)14-19-49-33/h4-6,8-13,29-33,41H,7,14-25H2,1-3H3,(H,37,42)(H,43,44)/p-1/t29-,30-,31-,32+,33+/m0/s1. The molecular weight excluding hydrogens is 680 g/mol. The molecule has 0 saturated carbocycles. The van der Waals surface area contributed by atoms with Crippen LogP contribution in [0.1, 0.15) is 38.7 Å². The predicted octanol–water partition coefficient (Wildman–Crippen LogP) is 1.91. The van der Waals surface area contributed by atoms with Crippen LogP contribution < -0.4 is 15.2 Å². The van der Waals surface area contributed by atoms with Gasteiger partial charge in [0.25, 0.3) is 0 Å². The van der Waals surface area contributed by atoms with Gasteiger partial charge in [-0.25, -0.2) is 13.2 Å². The van der Waals surface area contributed by atoms with Crippen LogP contribution in [0.15, 0.2) is 59.5 Å². The third-order valence-corrected chi connectivity index (χ3v) is 11.8. The number of ether oxygens (including phenoxy) is 4. The number of rotatable bonds is 16. The van der Waals surface area contributed by atoms with E-state index < -0.39 is 46.0 Å². The molecule has 0 unspecified atom stereocenters. The minimum atomic E-state index is -4.20. The van der Waals surface area contributed by atoms with Crippen LogP contribution in [0.3, 0.4) is 0 Å². The molecule has 3 fully saturated rings. The summed E-state index contributed by atoms with van der Waals surface area (Å²) in [6.07, 6.45) is -1.61. The van der Waals surface area contributed by atoms with E-state index in [9.17, 15) is 28.2 Å². The molecular formula is C36H51N4O10S-. The Morgan fingerprint density at radius 2 is 1.78 bits per heavy atom. The minimum Gasteiger partial charge on any atom is -0.530 e. The molecule has 0 spiro atoms. The number of hydrogen-bond donors (Lipinski definition) is 2. The second-order valence-electron chi connectivity index (χ2n) is 14.2. The lowest BCUT2D eigenvalue weighted by Crippen LogP contribution is -2.61. The molecule has 51 heavy (non-hydrogen) atoms. The number of nitrogens with zero attached hydrogens (tertiary/aromatic N) is 3. The van der Waals surface area contributed by atoms with Gasteiger partial charge in [0.1, 0.15) is 11.8 Å². The molecule has 3 aliphatic rings. The van der Waals surface area contributed by atoms with E-state index in [0.29, 0.717) is 64.5 Å². The van der Waals surface area contributed by atoms with Crippen LogP contribution in [0.25, 0.3) is 0 Å². The van der Waals surface area contributed by atoms with Crippen molar-refractivity contribution < 1.29 is 47.2 Å². The molecule has 2 N–H and O–H groups in total. The van der Waals surface area contributed by atoms with Gasteiger partial charge in [0.2, 0.25) is 10.0 Å². The van der Waals surface area contributed by atoms with Crippen LogP contribution in [-0.4, -0.2) is 130 Å². The number of methoxy groups -OCH3 is 1. The van der Waals surface area contributed by atoms with Gasteiger partial charge in [0, 0.05) is 38.6 Å². The molecule has 14 nitrogen and oxygen atoms in total. The van der Waals surface area contributed by atoms with Crippen LogP contribution in [0, 0.1) is 11.3 Å². The Hall–Kier alpha value is -3.47. The third kappa shape index (κ3) is 9.90. The predicted molar refractivity (Wildman–Crippen MR) is 185 cm³/mol. The maximum absolute atomic E-state index is 14.4. The molecule has 5 rings (SSSR count). The van der Waals surface area contributed by atoms with E-state index in [1.165, 1.54) is 23.5 Å². The Balaban J connectivity index is 1.38. The molecule has 0 aliphatic carbocycles. The maximum atomic E-state index is 14.4. The number of fused-ring (bicyclic) bond motifs is 1. The summed E-state index contributed by atoms with van der Waals surface area (Å²) < 4.78 is 52.0. The summed E-state index contributed by atoms with van der Waals surface area (Å²) in [4.78, 5) is 28.4. The Kier molecular flexibility index (Phi) is 13.2. The van der Waals surface area contributed by atoms with Crippen molar-refractivity contribution in [1.29, 1.82) is 0 Å². The molecule has 3 heterocycles. The van der Waals surface area contributed by atoms with Crippen LogP contribution in [0.5, 0.6) is 5.75 Å². The second kappa shape index (κ2) is 17.4. The quantitative estimate of drug-likeness (QED) is 0.243. The highest BCUT2D eigenvalue weighted by Gasteiger charge is 2.47. The van der Waals surface area contributed by atoms with Crippen molar-refractivity contribution in [3.05, 3.63) is 60.2 Å². The number of benzene rings is 2. The van der Waals surface area contributed by atoms with E-state index in [4.69, 9.17) is 18.9 Å². The molecule has 2 aromatic carbocycles. The summed E-state index contributed by atoms with van der Waals surface area (Å²) in [6, 6.07) is 13.3. The van der Waals surface area contributed by atoms with Crippen molar-refractivity contribution in [1.82, 2.24) is 19.4 Å². The first-order valence-corrected chi connectivity index (χ1v) is 19.0. The van der Waals surface area contributed by atoms with E-state index >= 15 is 0 Å². The van der Waals surface area contributed by atoms with Crippen molar-refractivity contribution in [2.24, 2.45) is 11.3 Å². The van der Waals surface area contributed by atoms with Gasteiger partial charge in [-0.3, -0.25) is 0 Å². The number of urea groups is 1. The number of aliphatic hydroxyl groups excluding tert-OH is 1. The van der Waals surface area contributed by atoms with Crippen LogP contribution >= 0.6 is 0 Å². The SMILES string of the molecule is COc1ccc(S(=O)(=O)N(C[C@@H](O)[C@H](Cc2ccccc2)N(C(=O)[O-])[C@H]2CO[C@H]3OCC[C@H]32)CC(C)(C)CCCNC(=O)N2CCOCC2)cc1. The van der Waals surface area contributed by atoms with Crippen molar-refractivity contribution in [2.75, 3.05) is 66.3 Å². The highest BCUT2D eigenvalue weighted by molar-refractivity contribution is 7.89. The van der Waals surface area contributed by atoms with Crippen LogP contribution in [-0.2, 0) is 30.7 Å². The zero-order valence-corrected chi connectivity index (χ0v) is 30.5. The number of nitrogens with one attached hydrogen (secondary N) is 1. The molecule has 0 aromatic heterocycles. The van der Waals surface area contributed by atoms with E-state index in [2.05, 4.69) is 5.32 Å². The largest absolute Gasteiger partial charge is 0.530 e. The lowest BCUT2D eigenvalue weighted by atomic mass is 9.87. The first-order valence-electron chi connectivity index (χ1n) is 17.6. The number of aliphatic hydroxyl groups is 1. The van der Waals surface area contributed by atoms with Crippen molar-refractivity contribution >= 4 is 22.1 Å². The van der Waals surface area contributed by atoms with Gasteiger partial charge in [-0.1, -0.05) is 44.2 Å². The molecule has 0 bridgehead atoms. The minimum absolute atomic E-state index is 0.00980. The molecule has 282 valence electrons. The summed E-state index contributed by atoms with van der Waals surface area (Å²) >= 11 is 0. The number of carbonyl (C=O) groups excluding carboxylic acids is 2. The van der Waals surface area contributed by atoms with Gasteiger partial charge in [0.15, 0.2) is 6.29 Å². The smallest absolute Gasteiger partial charge is 0.317 e. The average Bonchev–Trinajstić information content (AvgIpc) is 3.75. The molecule has 3 saturated heterocycles. The molecule has 0 radical (unpaired) electrons. The van der Waals surface area contributed by atoms with E-state index in [1.54, 1.807) is 17.0 Å². The Bertz CT molecular complexity index is 1540. The van der Waals surface area contributed by atoms with E-state index in [-0.39, 0.29) is 43.0 Å². The monoisotopic (exact) mass is 731 g/mol. The number of amides is 3. The fourth-order valence-electron chi connectivity index (χ4n) is 7.19. The topological polar surface area (TPSA) is 170 Å². The first kappa shape index (κ1) is 38.8. The van der Waals surface area contributed by atoms with Gasteiger partial charge in [0.05, 0.1) is 56.6 Å². The van der Waals surface area contributed by atoms with Gasteiger partial charge in [-0.2, -0.15) is 4.31 Å².